The Morgan fingerprint density at radius 3 is 2.73 bits per heavy atom. The third-order valence-corrected chi connectivity index (χ3v) is 5.41. The van der Waals surface area contributed by atoms with Gasteiger partial charge in [-0.15, -0.1) is 0 Å². The lowest BCUT2D eigenvalue weighted by Crippen LogP contribution is -2.23. The van der Waals surface area contributed by atoms with Crippen LogP contribution in [-0.2, 0) is 19.3 Å². The first-order valence-corrected chi connectivity index (χ1v) is 9.42. The zero-order chi connectivity index (χ0) is 18.1. The smallest absolute Gasteiger partial charge is 0.178 e. The molecule has 4 rings (SSSR count). The van der Waals surface area contributed by atoms with Crippen LogP contribution in [0, 0.1) is 5.41 Å². The molecule has 3 nitrogen and oxygen atoms in total. The molecule has 1 aliphatic rings. The number of aryl methyl sites for hydroxylation is 1. The quantitative estimate of drug-likeness (QED) is 0.634. The van der Waals surface area contributed by atoms with Crippen LogP contribution in [0.25, 0.3) is 11.5 Å². The summed E-state index contributed by atoms with van der Waals surface area (Å²) in [7, 11) is 0. The van der Waals surface area contributed by atoms with E-state index in [4.69, 9.17) is 21.6 Å². The van der Waals surface area contributed by atoms with Gasteiger partial charge in [0.1, 0.15) is 5.69 Å². The van der Waals surface area contributed by atoms with Crippen LogP contribution in [0.1, 0.15) is 42.8 Å². The largest absolute Gasteiger partial charge is 0.249 e. The predicted octanol–water partition coefficient (Wildman–Crippen LogP) is 5.30. The van der Waals surface area contributed by atoms with Crippen LogP contribution in [0.5, 0.6) is 0 Å². The van der Waals surface area contributed by atoms with E-state index in [-0.39, 0.29) is 0 Å². The van der Waals surface area contributed by atoms with E-state index in [2.05, 4.69) is 18.8 Å². The van der Waals surface area contributed by atoms with Crippen molar-refractivity contribution in [3.05, 3.63) is 76.2 Å². The highest BCUT2D eigenvalue weighted by Crippen LogP contribution is 2.34. The number of nitrogens with zero attached hydrogens (tertiary/aromatic N) is 3. The fourth-order valence-corrected chi connectivity index (χ4v) is 3.68. The molecule has 0 amide bonds. The first-order valence-electron chi connectivity index (χ1n) is 9.05. The molecule has 0 spiro atoms. The number of benzene rings is 1. The molecule has 0 radical (unpaired) electrons. The van der Waals surface area contributed by atoms with E-state index in [1.54, 1.807) is 0 Å². The second-order valence-corrected chi connectivity index (χ2v) is 8.20. The van der Waals surface area contributed by atoms with E-state index in [1.165, 1.54) is 17.7 Å². The molecule has 1 aliphatic carbocycles. The minimum atomic E-state index is 0.304. The molecule has 0 fully saturated rings. The highest BCUT2D eigenvalue weighted by molar-refractivity contribution is 6.31. The molecular weight excluding hydrogens is 342 g/mol. The summed E-state index contributed by atoms with van der Waals surface area (Å²) in [6, 6.07) is 13.9. The van der Waals surface area contributed by atoms with Crippen molar-refractivity contribution in [3.63, 3.8) is 0 Å². The van der Waals surface area contributed by atoms with Gasteiger partial charge >= 0.3 is 0 Å². The standard InChI is InChI=1S/C22H22ClN3/c1-22(2)11-10-16-14-24-21(26-20(16)13-22)19-9-5-7-17(25-19)12-15-6-3-4-8-18(15)23/h3-9,14H,10-13H2,1-2H3. The number of hydrogen-bond acceptors (Lipinski definition) is 3. The van der Waals surface area contributed by atoms with Crippen LogP contribution in [0.2, 0.25) is 5.02 Å². The van der Waals surface area contributed by atoms with Gasteiger partial charge in [-0.25, -0.2) is 15.0 Å². The highest BCUT2D eigenvalue weighted by Gasteiger charge is 2.26. The molecule has 132 valence electrons. The number of fused-ring (bicyclic) bond motifs is 1. The molecule has 0 bridgehead atoms. The molecule has 0 saturated heterocycles. The van der Waals surface area contributed by atoms with Crippen molar-refractivity contribution in [2.75, 3.05) is 0 Å². The maximum absolute atomic E-state index is 6.28. The summed E-state index contributed by atoms with van der Waals surface area (Å²) >= 11 is 6.28. The van der Waals surface area contributed by atoms with Gasteiger partial charge in [0.25, 0.3) is 0 Å². The Kier molecular flexibility index (Phi) is 4.49. The number of aromatic nitrogens is 3. The van der Waals surface area contributed by atoms with Crippen molar-refractivity contribution in [1.29, 1.82) is 0 Å². The van der Waals surface area contributed by atoms with Crippen molar-refractivity contribution in [3.8, 4) is 11.5 Å². The van der Waals surface area contributed by atoms with Gasteiger partial charge in [-0.2, -0.15) is 0 Å². The van der Waals surface area contributed by atoms with Gasteiger partial charge < -0.3 is 0 Å². The van der Waals surface area contributed by atoms with Gasteiger partial charge in [-0.3, -0.25) is 0 Å². The number of hydrogen-bond donors (Lipinski definition) is 0. The van der Waals surface area contributed by atoms with E-state index in [1.807, 2.05) is 48.7 Å². The summed E-state index contributed by atoms with van der Waals surface area (Å²) in [5.74, 6) is 0.711. The number of rotatable bonds is 3. The van der Waals surface area contributed by atoms with Crippen LogP contribution >= 0.6 is 11.6 Å². The van der Waals surface area contributed by atoms with Crippen LogP contribution in [-0.4, -0.2) is 15.0 Å². The summed E-state index contributed by atoms with van der Waals surface area (Å²) < 4.78 is 0. The highest BCUT2D eigenvalue weighted by atomic mass is 35.5. The summed E-state index contributed by atoms with van der Waals surface area (Å²) in [6.07, 6.45) is 5.93. The fraction of sp³-hybridized carbons (Fsp3) is 0.318. The zero-order valence-corrected chi connectivity index (χ0v) is 15.9. The Hall–Kier alpha value is -2.26. The summed E-state index contributed by atoms with van der Waals surface area (Å²) in [6.45, 7) is 4.61. The lowest BCUT2D eigenvalue weighted by molar-refractivity contribution is 0.310. The Labute approximate surface area is 159 Å². The van der Waals surface area contributed by atoms with E-state index >= 15 is 0 Å². The molecule has 2 heterocycles. The minimum absolute atomic E-state index is 0.304. The van der Waals surface area contributed by atoms with E-state index in [9.17, 15) is 0 Å². The molecule has 4 heteroatoms. The summed E-state index contributed by atoms with van der Waals surface area (Å²) in [5.41, 5.74) is 5.62. The molecule has 1 aromatic carbocycles. The Morgan fingerprint density at radius 2 is 1.88 bits per heavy atom. The van der Waals surface area contributed by atoms with Crippen molar-refractivity contribution >= 4 is 11.6 Å². The van der Waals surface area contributed by atoms with Crippen LogP contribution < -0.4 is 0 Å². The lowest BCUT2D eigenvalue weighted by Gasteiger charge is -2.30. The molecule has 3 aromatic rings. The van der Waals surface area contributed by atoms with E-state index < -0.39 is 0 Å². The summed E-state index contributed by atoms with van der Waals surface area (Å²) in [4.78, 5) is 14.2. The second kappa shape index (κ2) is 6.81. The van der Waals surface area contributed by atoms with Crippen molar-refractivity contribution in [2.24, 2.45) is 5.41 Å². The van der Waals surface area contributed by atoms with Gasteiger partial charge in [0.05, 0.1) is 0 Å². The summed E-state index contributed by atoms with van der Waals surface area (Å²) in [5, 5.41) is 0.770. The van der Waals surface area contributed by atoms with Gasteiger partial charge in [-0.05, 0) is 54.0 Å². The van der Waals surface area contributed by atoms with Crippen molar-refractivity contribution < 1.29 is 0 Å². The monoisotopic (exact) mass is 363 g/mol. The van der Waals surface area contributed by atoms with Crippen molar-refractivity contribution in [2.45, 2.75) is 39.5 Å². The zero-order valence-electron chi connectivity index (χ0n) is 15.2. The molecule has 26 heavy (non-hydrogen) atoms. The Bertz CT molecular complexity index is 950. The van der Waals surface area contributed by atoms with Crippen LogP contribution in [0.4, 0.5) is 0 Å². The van der Waals surface area contributed by atoms with Gasteiger partial charge in [0.15, 0.2) is 5.82 Å². The molecule has 0 atom stereocenters. The maximum atomic E-state index is 6.28. The molecule has 0 aliphatic heterocycles. The predicted molar refractivity (Wildman–Crippen MR) is 105 cm³/mol. The number of pyridine rings is 1. The third-order valence-electron chi connectivity index (χ3n) is 5.04. The van der Waals surface area contributed by atoms with Crippen LogP contribution in [0.3, 0.4) is 0 Å². The maximum Gasteiger partial charge on any atom is 0.178 e. The molecule has 0 saturated carbocycles. The number of halogens is 1. The van der Waals surface area contributed by atoms with Crippen molar-refractivity contribution in [1.82, 2.24) is 15.0 Å². The normalized spacial score (nSPS) is 15.5. The van der Waals surface area contributed by atoms with E-state index in [0.29, 0.717) is 17.7 Å². The fourth-order valence-electron chi connectivity index (χ4n) is 3.48. The average molecular weight is 364 g/mol. The van der Waals surface area contributed by atoms with E-state index in [0.717, 1.165) is 34.8 Å². The molecule has 0 N–H and O–H groups in total. The Morgan fingerprint density at radius 1 is 1.04 bits per heavy atom. The SMILES string of the molecule is CC1(C)CCc2cnc(-c3cccc(Cc4ccccc4Cl)n3)nc2C1. The first kappa shape index (κ1) is 17.2. The molecule has 2 aromatic heterocycles. The second-order valence-electron chi connectivity index (χ2n) is 7.79. The van der Waals surface area contributed by atoms with Gasteiger partial charge in [0, 0.05) is 29.0 Å². The molecule has 0 unspecified atom stereocenters. The lowest BCUT2D eigenvalue weighted by atomic mass is 9.77. The average Bonchev–Trinajstić information content (AvgIpc) is 2.62. The first-order chi connectivity index (χ1) is 12.5. The Balaban J connectivity index is 1.64. The van der Waals surface area contributed by atoms with Gasteiger partial charge in [0.2, 0.25) is 0 Å². The molecular formula is C22H22ClN3. The van der Waals surface area contributed by atoms with Gasteiger partial charge in [-0.1, -0.05) is 49.7 Å². The van der Waals surface area contributed by atoms with Crippen LogP contribution in [0.15, 0.2) is 48.7 Å². The topological polar surface area (TPSA) is 38.7 Å². The minimum Gasteiger partial charge on any atom is -0.249 e. The third kappa shape index (κ3) is 3.63.